The van der Waals surface area contributed by atoms with Crippen LogP contribution in [-0.2, 0) is 0 Å². The topological polar surface area (TPSA) is 18.5 Å². The molecule has 0 radical (unpaired) electrons. The van der Waals surface area contributed by atoms with E-state index in [1.54, 1.807) is 6.16 Å². The maximum absolute atomic E-state index is 3.40. The van der Waals surface area contributed by atoms with Gasteiger partial charge in [0.15, 0.2) is 0 Å². The molecule has 1 N–H and O–H groups in total. The lowest BCUT2D eigenvalue weighted by Crippen LogP contribution is -2.65. The van der Waals surface area contributed by atoms with Crippen molar-refractivity contribution in [2.75, 3.05) is 31.8 Å². The molecule has 0 saturated carbocycles. The quantitative estimate of drug-likeness (QED) is 0.502. The van der Waals surface area contributed by atoms with Gasteiger partial charge in [-0.2, -0.15) is 5.53 Å². The summed E-state index contributed by atoms with van der Waals surface area (Å²) in [6.45, 7) is 2.60. The summed E-state index contributed by atoms with van der Waals surface area (Å²) in [6, 6.07) is 0. The summed E-state index contributed by atoms with van der Waals surface area (Å²) in [4.78, 5) is 0. The monoisotopic (exact) mass is 157 g/mol. The second-order valence-electron chi connectivity index (χ2n) is 3.55. The van der Waals surface area contributed by atoms with E-state index in [0.717, 1.165) is 5.92 Å². The Balaban J connectivity index is 1.90. The van der Waals surface area contributed by atoms with Crippen molar-refractivity contribution >= 4 is 7.92 Å². The van der Waals surface area contributed by atoms with Crippen LogP contribution in [0.25, 0.3) is 0 Å². The van der Waals surface area contributed by atoms with Crippen molar-refractivity contribution in [1.82, 2.24) is 15.6 Å². The normalized spacial score (nSPS) is 57.6. The van der Waals surface area contributed by atoms with E-state index in [4.69, 9.17) is 0 Å². The molecule has 0 spiro atoms. The fraction of sp³-hybridized carbons (Fsp3) is 1.00. The van der Waals surface area contributed by atoms with Crippen molar-refractivity contribution in [2.24, 2.45) is 5.92 Å². The molecule has 0 amide bonds. The summed E-state index contributed by atoms with van der Waals surface area (Å²) < 4.78 is 0. The van der Waals surface area contributed by atoms with Gasteiger partial charge in [0.25, 0.3) is 0 Å². The molecule has 4 bridgehead atoms. The first kappa shape index (κ1) is 5.90. The van der Waals surface area contributed by atoms with E-state index in [0.29, 0.717) is 7.92 Å². The number of rotatable bonds is 0. The number of hydrazine groups is 2. The lowest BCUT2D eigenvalue weighted by Gasteiger charge is -2.53. The predicted molar refractivity (Wildman–Crippen MR) is 41.6 cm³/mol. The second kappa shape index (κ2) is 1.92. The molecule has 56 valence electrons. The maximum Gasteiger partial charge on any atom is 0.0357 e. The molecule has 0 aromatic rings. The Bertz CT molecular complexity index is 105. The fourth-order valence-electron chi connectivity index (χ4n) is 2.27. The van der Waals surface area contributed by atoms with Crippen LogP contribution in [0.15, 0.2) is 0 Å². The van der Waals surface area contributed by atoms with E-state index < -0.39 is 0 Å². The molecule has 10 heavy (non-hydrogen) atoms. The average Bonchev–Trinajstić information content (AvgIpc) is 1.82. The summed E-state index contributed by atoms with van der Waals surface area (Å²) >= 11 is 0. The van der Waals surface area contributed by atoms with Crippen LogP contribution >= 0.6 is 7.92 Å². The van der Waals surface area contributed by atoms with Gasteiger partial charge >= 0.3 is 0 Å². The van der Waals surface area contributed by atoms with Crippen molar-refractivity contribution in [3.63, 3.8) is 0 Å². The summed E-state index contributed by atoms with van der Waals surface area (Å²) in [5, 5.41) is 4.79. The Kier molecular flexibility index (Phi) is 1.13. The molecule has 4 aliphatic rings. The molecule has 4 fully saturated rings. The molecule has 4 saturated heterocycles. The molecular weight excluding hydrogens is 145 g/mol. The first-order valence-corrected chi connectivity index (χ1v) is 5.78. The van der Waals surface area contributed by atoms with Gasteiger partial charge < -0.3 is 0 Å². The van der Waals surface area contributed by atoms with Gasteiger partial charge in [0.05, 0.1) is 0 Å². The Morgan fingerprint density at radius 1 is 1.20 bits per heavy atom. The zero-order valence-corrected chi connectivity index (χ0v) is 6.85. The molecule has 0 aromatic heterocycles. The van der Waals surface area contributed by atoms with Gasteiger partial charge in [-0.25, -0.2) is 10.0 Å². The number of nitrogens with zero attached hydrogens (tertiary/aromatic N) is 2. The third-order valence-electron chi connectivity index (χ3n) is 2.50. The lowest BCUT2D eigenvalue weighted by atomic mass is 10.1. The van der Waals surface area contributed by atoms with E-state index in [2.05, 4.69) is 15.6 Å². The number of nitrogens with one attached hydrogen (secondary N) is 1. The molecule has 4 heterocycles. The summed E-state index contributed by atoms with van der Waals surface area (Å²) in [7, 11) is 0.378. The fourth-order valence-corrected chi connectivity index (χ4v) is 4.87. The molecule has 2 atom stereocenters. The third-order valence-corrected chi connectivity index (χ3v) is 5.01. The van der Waals surface area contributed by atoms with Crippen LogP contribution in [0.5, 0.6) is 0 Å². The zero-order valence-electron chi connectivity index (χ0n) is 5.95. The zero-order chi connectivity index (χ0) is 6.55. The van der Waals surface area contributed by atoms with Crippen LogP contribution in [0.2, 0.25) is 0 Å². The van der Waals surface area contributed by atoms with Gasteiger partial charge in [-0.1, -0.05) is 7.92 Å². The Morgan fingerprint density at radius 2 is 1.90 bits per heavy atom. The Labute approximate surface area is 62.1 Å². The molecule has 4 rings (SSSR count). The van der Waals surface area contributed by atoms with Gasteiger partial charge in [0.1, 0.15) is 0 Å². The highest BCUT2D eigenvalue weighted by molar-refractivity contribution is 7.57. The van der Waals surface area contributed by atoms with E-state index in [1.165, 1.54) is 25.7 Å². The van der Waals surface area contributed by atoms with Gasteiger partial charge in [-0.05, 0) is 12.1 Å². The van der Waals surface area contributed by atoms with Crippen LogP contribution in [0.4, 0.5) is 0 Å². The van der Waals surface area contributed by atoms with Crippen LogP contribution in [0.1, 0.15) is 0 Å². The van der Waals surface area contributed by atoms with Crippen molar-refractivity contribution < 1.29 is 0 Å². The van der Waals surface area contributed by atoms with Gasteiger partial charge in [-0.15, -0.1) is 0 Å². The highest BCUT2D eigenvalue weighted by Crippen LogP contribution is 2.47. The van der Waals surface area contributed by atoms with Crippen molar-refractivity contribution in [1.29, 1.82) is 0 Å². The minimum absolute atomic E-state index is 0.378. The van der Waals surface area contributed by atoms with Gasteiger partial charge in [0.2, 0.25) is 0 Å². The van der Waals surface area contributed by atoms with Crippen molar-refractivity contribution in [3.8, 4) is 0 Å². The SMILES string of the molecule is C1C2CN3CP(C2)CN1N3. The standard InChI is InChI=1S/C6H12N3P/c1-6-2-9-5-10(3-6)4-8(1)7-9/h6-7H,1-5H2. The largest absolute Gasteiger partial charge is 0.226 e. The third kappa shape index (κ3) is 0.751. The molecular formula is C6H12N3P. The van der Waals surface area contributed by atoms with Crippen LogP contribution in [-0.4, -0.2) is 41.8 Å². The number of hydrogen-bond donors (Lipinski definition) is 1. The van der Waals surface area contributed by atoms with Crippen LogP contribution in [0, 0.1) is 5.92 Å². The first-order chi connectivity index (χ1) is 4.90. The Morgan fingerprint density at radius 3 is 2.40 bits per heavy atom. The van der Waals surface area contributed by atoms with E-state index in [1.807, 2.05) is 0 Å². The molecule has 4 aliphatic heterocycles. The number of hydrogen-bond acceptors (Lipinski definition) is 3. The van der Waals surface area contributed by atoms with Gasteiger partial charge in [0, 0.05) is 25.7 Å². The van der Waals surface area contributed by atoms with Crippen LogP contribution in [0.3, 0.4) is 0 Å². The minimum Gasteiger partial charge on any atom is -0.226 e. The predicted octanol–water partition coefficient (Wildman–Crippen LogP) is 0.0639. The summed E-state index contributed by atoms with van der Waals surface area (Å²) in [5.74, 6) is 0.995. The molecule has 0 aliphatic carbocycles. The molecule has 0 aromatic carbocycles. The maximum atomic E-state index is 3.40. The lowest BCUT2D eigenvalue weighted by molar-refractivity contribution is -0.0358. The van der Waals surface area contributed by atoms with E-state index in [9.17, 15) is 0 Å². The van der Waals surface area contributed by atoms with Crippen molar-refractivity contribution in [2.45, 2.75) is 0 Å². The van der Waals surface area contributed by atoms with Gasteiger partial charge in [-0.3, -0.25) is 0 Å². The smallest absolute Gasteiger partial charge is 0.0357 e. The summed E-state index contributed by atoms with van der Waals surface area (Å²) in [5.41, 5.74) is 3.40. The highest BCUT2D eigenvalue weighted by atomic mass is 31.1. The minimum atomic E-state index is 0.378. The second-order valence-corrected chi connectivity index (χ2v) is 5.82. The Hall–Kier alpha value is 0.310. The van der Waals surface area contributed by atoms with E-state index in [-0.39, 0.29) is 0 Å². The van der Waals surface area contributed by atoms with Crippen molar-refractivity contribution in [3.05, 3.63) is 0 Å². The molecule has 4 heteroatoms. The average molecular weight is 157 g/mol. The highest BCUT2D eigenvalue weighted by Gasteiger charge is 2.39. The van der Waals surface area contributed by atoms with E-state index >= 15 is 0 Å². The first-order valence-electron chi connectivity index (χ1n) is 3.89. The van der Waals surface area contributed by atoms with Crippen LogP contribution < -0.4 is 5.53 Å². The molecule has 2 unspecified atom stereocenters. The molecule has 3 nitrogen and oxygen atoms in total. The summed E-state index contributed by atoms with van der Waals surface area (Å²) in [6.07, 6.45) is 4.24.